The highest BCUT2D eigenvalue weighted by Crippen LogP contribution is 2.24. The van der Waals surface area contributed by atoms with E-state index in [1.807, 2.05) is 53.9 Å². The molecule has 7 heteroatoms. The van der Waals surface area contributed by atoms with E-state index in [0.29, 0.717) is 25.6 Å². The zero-order valence-electron chi connectivity index (χ0n) is 16.7. The van der Waals surface area contributed by atoms with Crippen LogP contribution in [-0.4, -0.2) is 31.3 Å². The summed E-state index contributed by atoms with van der Waals surface area (Å²) in [5.41, 5.74) is 0.0977. The third kappa shape index (κ3) is 6.37. The number of nitrogens with zero attached hydrogens (tertiary/aromatic N) is 1. The molecule has 3 N–H and O–H groups in total. The monoisotopic (exact) mass is 413 g/mol. The first-order valence-electron chi connectivity index (χ1n) is 9.51. The van der Waals surface area contributed by atoms with E-state index in [2.05, 4.69) is 15.6 Å². The fraction of sp³-hybridized carbons (Fsp3) is 0.318. The van der Waals surface area contributed by atoms with Crippen LogP contribution in [0.1, 0.15) is 23.1 Å². The van der Waals surface area contributed by atoms with Crippen LogP contribution in [-0.2, 0) is 18.6 Å². The molecule has 0 aliphatic heterocycles. The molecule has 0 amide bonds. The van der Waals surface area contributed by atoms with E-state index in [4.69, 9.17) is 9.15 Å². The predicted molar refractivity (Wildman–Crippen MR) is 116 cm³/mol. The van der Waals surface area contributed by atoms with Crippen molar-refractivity contribution in [3.8, 4) is 5.75 Å². The first-order chi connectivity index (χ1) is 14.1. The number of furan rings is 1. The highest BCUT2D eigenvalue weighted by Gasteiger charge is 2.24. The lowest BCUT2D eigenvalue weighted by Gasteiger charge is -2.24. The van der Waals surface area contributed by atoms with Gasteiger partial charge in [0.25, 0.3) is 0 Å². The number of thiophene rings is 1. The van der Waals surface area contributed by atoms with Crippen molar-refractivity contribution < 1.29 is 14.3 Å². The first-order valence-corrected chi connectivity index (χ1v) is 10.4. The number of aliphatic hydroxyl groups is 1. The Labute approximate surface area is 175 Å². The minimum atomic E-state index is -0.974. The van der Waals surface area contributed by atoms with Crippen molar-refractivity contribution in [2.45, 2.75) is 25.5 Å². The number of aliphatic imine (C=N–C) groups is 1. The molecule has 0 spiro atoms. The summed E-state index contributed by atoms with van der Waals surface area (Å²) in [6.45, 7) is 3.34. The fourth-order valence-corrected chi connectivity index (χ4v) is 3.55. The molecule has 6 nitrogen and oxygen atoms in total. The molecule has 0 bridgehead atoms. The standard InChI is InChI=1S/C22H27N3O3S/c1-22(26,20-6-4-14-29-20)16-25-21(23-12-11-19-5-3-13-28-19)24-15-17-7-9-18(27-2)10-8-17/h3-10,13-14,26H,11-12,15-16H2,1-2H3,(H2,23,24,25). The maximum absolute atomic E-state index is 10.8. The Kier molecular flexibility index (Phi) is 7.32. The van der Waals surface area contributed by atoms with Gasteiger partial charge >= 0.3 is 0 Å². The van der Waals surface area contributed by atoms with Gasteiger partial charge in [-0.1, -0.05) is 18.2 Å². The third-order valence-electron chi connectivity index (χ3n) is 4.47. The Bertz CT molecular complexity index is 873. The largest absolute Gasteiger partial charge is 0.497 e. The molecule has 1 atom stereocenters. The zero-order chi connectivity index (χ0) is 20.5. The molecule has 0 aliphatic carbocycles. The number of ether oxygens (including phenoxy) is 1. The topological polar surface area (TPSA) is 79.0 Å². The molecule has 0 saturated carbocycles. The van der Waals surface area contributed by atoms with Gasteiger partial charge in [-0.3, -0.25) is 0 Å². The van der Waals surface area contributed by atoms with E-state index in [1.54, 1.807) is 20.3 Å². The minimum Gasteiger partial charge on any atom is -0.497 e. The second-order valence-electron chi connectivity index (χ2n) is 6.87. The molecule has 0 fully saturated rings. The first kappa shape index (κ1) is 21.0. The Morgan fingerprint density at radius 3 is 2.66 bits per heavy atom. The van der Waals surface area contributed by atoms with Crippen LogP contribution in [0.25, 0.3) is 0 Å². The molecule has 1 unspecified atom stereocenters. The van der Waals surface area contributed by atoms with Gasteiger partial charge in [0.15, 0.2) is 5.96 Å². The van der Waals surface area contributed by atoms with Crippen LogP contribution in [0.15, 0.2) is 69.6 Å². The number of rotatable bonds is 9. The Morgan fingerprint density at radius 2 is 2.00 bits per heavy atom. The summed E-state index contributed by atoms with van der Waals surface area (Å²) in [5.74, 6) is 2.38. The third-order valence-corrected chi connectivity index (χ3v) is 5.60. The number of guanidine groups is 1. The fourth-order valence-electron chi connectivity index (χ4n) is 2.76. The lowest BCUT2D eigenvalue weighted by molar-refractivity contribution is 0.0655. The van der Waals surface area contributed by atoms with Crippen LogP contribution < -0.4 is 15.4 Å². The van der Waals surface area contributed by atoms with Crippen LogP contribution in [0.2, 0.25) is 0 Å². The molecule has 0 aliphatic rings. The molecule has 0 saturated heterocycles. The smallest absolute Gasteiger partial charge is 0.191 e. The van der Waals surface area contributed by atoms with Gasteiger partial charge in [0, 0.05) is 17.8 Å². The van der Waals surface area contributed by atoms with Crippen molar-refractivity contribution in [3.63, 3.8) is 0 Å². The summed E-state index contributed by atoms with van der Waals surface area (Å²) in [4.78, 5) is 5.58. The molecule has 0 radical (unpaired) electrons. The SMILES string of the molecule is COc1ccc(CN=C(NCCc2ccco2)NCC(C)(O)c2cccs2)cc1. The highest BCUT2D eigenvalue weighted by molar-refractivity contribution is 7.10. The van der Waals surface area contributed by atoms with Gasteiger partial charge < -0.3 is 24.9 Å². The maximum atomic E-state index is 10.8. The molecule has 3 aromatic rings. The predicted octanol–water partition coefficient (Wildman–Crippen LogP) is 3.54. The number of benzene rings is 1. The van der Waals surface area contributed by atoms with E-state index in [-0.39, 0.29) is 0 Å². The van der Waals surface area contributed by atoms with Crippen LogP contribution in [0.5, 0.6) is 5.75 Å². The molecule has 3 rings (SSSR count). The van der Waals surface area contributed by atoms with Crippen molar-refractivity contribution in [2.75, 3.05) is 20.2 Å². The van der Waals surface area contributed by atoms with Gasteiger partial charge in [-0.15, -0.1) is 11.3 Å². The number of nitrogens with one attached hydrogen (secondary N) is 2. The normalized spacial score (nSPS) is 13.7. The Morgan fingerprint density at radius 1 is 1.17 bits per heavy atom. The van der Waals surface area contributed by atoms with Crippen molar-refractivity contribution >= 4 is 17.3 Å². The molecular weight excluding hydrogens is 386 g/mol. The van der Waals surface area contributed by atoms with Gasteiger partial charge in [0.2, 0.25) is 0 Å². The summed E-state index contributed by atoms with van der Waals surface area (Å²) < 4.78 is 10.6. The van der Waals surface area contributed by atoms with Crippen molar-refractivity contribution in [1.82, 2.24) is 10.6 Å². The Balaban J connectivity index is 1.62. The number of methoxy groups -OCH3 is 1. The van der Waals surface area contributed by atoms with Gasteiger partial charge in [0.1, 0.15) is 17.1 Å². The molecule has 2 aromatic heterocycles. The van der Waals surface area contributed by atoms with E-state index in [9.17, 15) is 5.11 Å². The van der Waals surface area contributed by atoms with Gasteiger partial charge in [0.05, 0.1) is 26.5 Å². The lowest BCUT2D eigenvalue weighted by Crippen LogP contribution is -2.44. The van der Waals surface area contributed by atoms with Gasteiger partial charge in [-0.25, -0.2) is 4.99 Å². The van der Waals surface area contributed by atoms with Crippen LogP contribution in [0, 0.1) is 0 Å². The molecular formula is C22H27N3O3S. The summed E-state index contributed by atoms with van der Waals surface area (Å²) in [6.07, 6.45) is 2.42. The molecule has 1 aromatic carbocycles. The van der Waals surface area contributed by atoms with Gasteiger partial charge in [-0.05, 0) is 48.2 Å². The quantitative estimate of drug-likeness (QED) is 0.369. The second kappa shape index (κ2) is 10.1. The summed E-state index contributed by atoms with van der Waals surface area (Å²) >= 11 is 1.54. The van der Waals surface area contributed by atoms with Crippen molar-refractivity contribution in [2.24, 2.45) is 4.99 Å². The molecule has 29 heavy (non-hydrogen) atoms. The molecule has 2 heterocycles. The number of hydrogen-bond donors (Lipinski definition) is 3. The average molecular weight is 414 g/mol. The van der Waals surface area contributed by atoms with Crippen molar-refractivity contribution in [1.29, 1.82) is 0 Å². The zero-order valence-corrected chi connectivity index (χ0v) is 17.5. The summed E-state index contributed by atoms with van der Waals surface area (Å²) in [7, 11) is 1.65. The number of hydrogen-bond acceptors (Lipinski definition) is 5. The highest BCUT2D eigenvalue weighted by atomic mass is 32.1. The minimum absolute atomic E-state index is 0.350. The summed E-state index contributed by atoms with van der Waals surface area (Å²) in [5, 5.41) is 19.3. The van der Waals surface area contributed by atoms with Crippen LogP contribution in [0.4, 0.5) is 0 Å². The van der Waals surface area contributed by atoms with E-state index in [1.165, 1.54) is 11.3 Å². The van der Waals surface area contributed by atoms with Crippen LogP contribution >= 0.6 is 11.3 Å². The maximum Gasteiger partial charge on any atom is 0.191 e. The molecule has 154 valence electrons. The second-order valence-corrected chi connectivity index (χ2v) is 7.82. The van der Waals surface area contributed by atoms with E-state index >= 15 is 0 Å². The van der Waals surface area contributed by atoms with Crippen molar-refractivity contribution in [3.05, 3.63) is 76.4 Å². The lowest BCUT2D eigenvalue weighted by atomic mass is 10.1. The Hall–Kier alpha value is -2.77. The average Bonchev–Trinajstić information content (AvgIpc) is 3.44. The van der Waals surface area contributed by atoms with E-state index < -0.39 is 5.60 Å². The van der Waals surface area contributed by atoms with E-state index in [0.717, 1.165) is 28.4 Å². The summed E-state index contributed by atoms with van der Waals surface area (Å²) in [6, 6.07) is 15.5. The van der Waals surface area contributed by atoms with Crippen LogP contribution in [0.3, 0.4) is 0 Å². The van der Waals surface area contributed by atoms with Gasteiger partial charge in [-0.2, -0.15) is 0 Å².